The summed E-state index contributed by atoms with van der Waals surface area (Å²) in [6, 6.07) is 85.0. The Morgan fingerprint density at radius 2 is 0.602 bits per heavy atom. The molecule has 3 fully saturated rings. The fourth-order valence-corrected chi connectivity index (χ4v) is 12.9. The molecular formula is C82H84B2Br5N3O6. The molecule has 504 valence electrons. The number of benzene rings is 10. The van der Waals surface area contributed by atoms with Crippen molar-refractivity contribution in [3.63, 3.8) is 0 Å². The van der Waals surface area contributed by atoms with Crippen molar-refractivity contribution in [3.8, 4) is 16.9 Å². The van der Waals surface area contributed by atoms with E-state index in [0.29, 0.717) is 0 Å². The van der Waals surface area contributed by atoms with Crippen LogP contribution in [0.3, 0.4) is 0 Å². The highest BCUT2D eigenvalue weighted by atomic mass is 79.9. The van der Waals surface area contributed by atoms with E-state index in [4.69, 9.17) is 28.1 Å². The van der Waals surface area contributed by atoms with Crippen molar-refractivity contribution in [1.29, 1.82) is 0 Å². The van der Waals surface area contributed by atoms with E-state index in [1.807, 2.05) is 24.3 Å². The highest BCUT2D eigenvalue weighted by Gasteiger charge is 2.53. The van der Waals surface area contributed by atoms with Crippen LogP contribution in [0, 0.1) is 5.41 Å². The number of halogens is 5. The summed E-state index contributed by atoms with van der Waals surface area (Å²) < 4.78 is 41.5. The van der Waals surface area contributed by atoms with E-state index in [1.54, 1.807) is 0 Å². The molecule has 0 N–H and O–H groups in total. The minimum absolute atomic E-state index is 0.257. The van der Waals surface area contributed by atoms with Crippen LogP contribution in [0.25, 0.3) is 11.1 Å². The molecule has 0 radical (unpaired) electrons. The highest BCUT2D eigenvalue weighted by molar-refractivity contribution is 9.11. The van der Waals surface area contributed by atoms with Crippen molar-refractivity contribution in [2.45, 2.75) is 117 Å². The molecule has 9 nitrogen and oxygen atoms in total. The molecule has 3 aliphatic rings. The molecule has 3 heterocycles. The standard InChI is InChI=1S/C36H24Br4N2.C34H45B2NO4.C12H15BrO2/c37-27-5-17-33(18-6-27)41(34-19-7-28(38)8-20-34)31-13-1-25(2-14-31)26-3-15-32(16-4-26)42(35-21-9-29(39)10-22-35)36-23-11-30(40)12-24-36;1-10-11-12-25-13-19-28(20-14-25)37(29-21-15-26(16-22-29)35-38-31(2,3)32(4,5)39-35)30-23-17-27(18-24-30)36-40-33(6,7)34(8,9)41-36;1-2-12(7-14-8-12)9-15-11-5-3-10(13)4-6-11/h1-24H;13-24H,10-12H2,1-9H3;3-6H,2,7-9H2,1H3. The van der Waals surface area contributed by atoms with E-state index >= 15 is 0 Å². The zero-order valence-electron chi connectivity index (χ0n) is 57.4. The Bertz CT molecular complexity index is 3860. The van der Waals surface area contributed by atoms with Crippen LogP contribution in [0.4, 0.5) is 51.2 Å². The molecule has 0 aromatic heterocycles. The Hall–Kier alpha value is -6.27. The third-order valence-electron chi connectivity index (χ3n) is 19.2. The van der Waals surface area contributed by atoms with Crippen LogP contribution in [0.15, 0.2) is 265 Å². The second-order valence-corrected chi connectivity index (χ2v) is 31.8. The summed E-state index contributed by atoms with van der Waals surface area (Å²) in [6.45, 7) is 23.5. The van der Waals surface area contributed by atoms with Gasteiger partial charge in [0.1, 0.15) is 5.75 Å². The lowest BCUT2D eigenvalue weighted by Crippen LogP contribution is -2.46. The van der Waals surface area contributed by atoms with Gasteiger partial charge in [0.15, 0.2) is 0 Å². The molecule has 0 atom stereocenters. The normalized spacial score (nSPS) is 16.0. The van der Waals surface area contributed by atoms with Crippen molar-refractivity contribution in [1.82, 2.24) is 0 Å². The van der Waals surface area contributed by atoms with Gasteiger partial charge in [0.05, 0.1) is 47.6 Å². The zero-order valence-corrected chi connectivity index (χ0v) is 65.3. The SMILES string of the molecule is Brc1ccc(N(c2ccc(Br)cc2)c2ccc(-c3ccc(N(c4ccc(Br)cc4)c4ccc(Br)cc4)cc3)cc2)cc1.CCC1(COc2ccc(Br)cc2)COC1.CCCCc1ccc(N(c2ccc(B3OC(C)(C)C(C)(C)O3)cc2)c2ccc(B3OC(C)(C)C(C)(C)O3)cc2)cc1. The summed E-state index contributed by atoms with van der Waals surface area (Å²) in [4.78, 5) is 6.81. The molecule has 3 saturated heterocycles. The molecule has 98 heavy (non-hydrogen) atoms. The van der Waals surface area contributed by atoms with E-state index in [-0.39, 0.29) is 42.1 Å². The van der Waals surface area contributed by atoms with Gasteiger partial charge in [-0.05, 0) is 284 Å². The molecule has 3 aliphatic heterocycles. The predicted octanol–water partition coefficient (Wildman–Crippen LogP) is 23.7. The van der Waals surface area contributed by atoms with Crippen molar-refractivity contribution >= 4 is 156 Å². The molecule has 0 saturated carbocycles. The third-order valence-corrected chi connectivity index (χ3v) is 21.9. The van der Waals surface area contributed by atoms with Gasteiger partial charge >= 0.3 is 14.2 Å². The number of aryl methyl sites for hydroxylation is 1. The monoisotopic (exact) mass is 1620 g/mol. The summed E-state index contributed by atoms with van der Waals surface area (Å²) in [5.74, 6) is 0.929. The molecule has 0 bridgehead atoms. The first-order valence-corrected chi connectivity index (χ1v) is 37.5. The van der Waals surface area contributed by atoms with Gasteiger partial charge in [0, 0.05) is 73.6 Å². The van der Waals surface area contributed by atoms with E-state index in [2.05, 4.69) is 382 Å². The lowest BCUT2D eigenvalue weighted by Gasteiger charge is -2.40. The fraction of sp³-hybridized carbons (Fsp3) is 0.268. The Kier molecular flexibility index (Phi) is 23.6. The number of hydrogen-bond donors (Lipinski definition) is 0. The van der Waals surface area contributed by atoms with Crippen LogP contribution in [0.1, 0.15) is 94.1 Å². The van der Waals surface area contributed by atoms with Gasteiger partial charge in [0.2, 0.25) is 0 Å². The average Bonchev–Trinajstić information content (AvgIpc) is 1.43. The Morgan fingerprint density at radius 1 is 0.347 bits per heavy atom. The molecule has 10 aromatic carbocycles. The predicted molar refractivity (Wildman–Crippen MR) is 426 cm³/mol. The molecule has 10 aromatic rings. The minimum atomic E-state index is -0.389. The number of anilines is 9. The van der Waals surface area contributed by atoms with Crippen LogP contribution in [0.5, 0.6) is 5.75 Å². The lowest BCUT2D eigenvalue weighted by atomic mass is 9.79. The first kappa shape index (κ1) is 73.0. The van der Waals surface area contributed by atoms with E-state index in [1.165, 1.54) is 18.4 Å². The summed E-state index contributed by atoms with van der Waals surface area (Å²) >= 11 is 17.7. The van der Waals surface area contributed by atoms with Crippen LogP contribution < -0.4 is 30.4 Å². The van der Waals surface area contributed by atoms with Gasteiger partial charge < -0.3 is 42.8 Å². The molecule has 13 rings (SSSR count). The van der Waals surface area contributed by atoms with Crippen LogP contribution in [0.2, 0.25) is 0 Å². The van der Waals surface area contributed by atoms with Crippen LogP contribution >= 0.6 is 79.6 Å². The highest BCUT2D eigenvalue weighted by Crippen LogP contribution is 2.43. The molecule has 0 aliphatic carbocycles. The number of unbranched alkanes of at least 4 members (excludes halogenated alkanes) is 1. The molecule has 16 heteroatoms. The van der Waals surface area contributed by atoms with Gasteiger partial charge in [0.25, 0.3) is 0 Å². The molecule has 0 amide bonds. The minimum Gasteiger partial charge on any atom is -0.493 e. The number of nitrogens with zero attached hydrogens (tertiary/aromatic N) is 3. The molecule has 0 spiro atoms. The first-order valence-electron chi connectivity index (χ1n) is 33.5. The smallest absolute Gasteiger partial charge is 0.493 e. The Labute approximate surface area is 623 Å². The van der Waals surface area contributed by atoms with Crippen LogP contribution in [-0.4, -0.2) is 56.5 Å². The second kappa shape index (κ2) is 31.7. The van der Waals surface area contributed by atoms with Gasteiger partial charge in [-0.2, -0.15) is 0 Å². The Morgan fingerprint density at radius 3 is 0.857 bits per heavy atom. The largest absolute Gasteiger partial charge is 0.494 e. The maximum atomic E-state index is 6.30. The summed E-state index contributed by atoms with van der Waals surface area (Å²) in [6.07, 6.45) is 4.61. The first-order chi connectivity index (χ1) is 46.9. The van der Waals surface area contributed by atoms with E-state index in [0.717, 1.165) is 134 Å². The molecule has 0 unspecified atom stereocenters. The van der Waals surface area contributed by atoms with Gasteiger partial charge in [-0.15, -0.1) is 0 Å². The summed E-state index contributed by atoms with van der Waals surface area (Å²) in [5.41, 5.74) is 14.3. The topological polar surface area (TPSA) is 65.1 Å². The quantitative estimate of drug-likeness (QED) is 0.0737. The van der Waals surface area contributed by atoms with Crippen molar-refractivity contribution in [3.05, 3.63) is 271 Å². The molecular weight excluding hydrogens is 1540 g/mol. The maximum absolute atomic E-state index is 6.30. The third kappa shape index (κ3) is 17.5. The second-order valence-electron chi connectivity index (χ2n) is 27.2. The number of hydrogen-bond acceptors (Lipinski definition) is 9. The number of rotatable bonds is 19. The van der Waals surface area contributed by atoms with Crippen LogP contribution in [-0.2, 0) is 29.8 Å². The maximum Gasteiger partial charge on any atom is 0.494 e. The van der Waals surface area contributed by atoms with Gasteiger partial charge in [-0.3, -0.25) is 0 Å². The Balaban J connectivity index is 0.000000164. The van der Waals surface area contributed by atoms with E-state index in [9.17, 15) is 0 Å². The van der Waals surface area contributed by atoms with Gasteiger partial charge in [-0.1, -0.05) is 161 Å². The summed E-state index contributed by atoms with van der Waals surface area (Å²) in [7, 11) is -0.779. The lowest BCUT2D eigenvalue weighted by molar-refractivity contribution is -0.133. The van der Waals surface area contributed by atoms with Gasteiger partial charge in [-0.25, -0.2) is 0 Å². The zero-order chi connectivity index (χ0) is 69.4. The van der Waals surface area contributed by atoms with Crippen molar-refractivity contribution in [2.75, 3.05) is 34.5 Å². The fourth-order valence-electron chi connectivity index (χ4n) is 11.6. The van der Waals surface area contributed by atoms with Crippen molar-refractivity contribution in [2.24, 2.45) is 5.41 Å². The van der Waals surface area contributed by atoms with E-state index < -0.39 is 0 Å². The van der Waals surface area contributed by atoms with Crippen molar-refractivity contribution < 1.29 is 28.1 Å². The summed E-state index contributed by atoms with van der Waals surface area (Å²) in [5, 5.41) is 0. The average molecular weight is 1630 g/mol. The number of ether oxygens (including phenoxy) is 2.